The van der Waals surface area contributed by atoms with E-state index in [1.807, 2.05) is 36.4 Å². The highest BCUT2D eigenvalue weighted by Crippen LogP contribution is 2.30. The van der Waals surface area contributed by atoms with Crippen LogP contribution in [0.3, 0.4) is 0 Å². The number of aryl methyl sites for hydroxylation is 1. The average molecular weight is 311 g/mol. The number of nitrogens with two attached hydrogens (primary N) is 1. The largest absolute Gasteiger partial charge is 0.320 e. The molecule has 1 nitrogen and oxygen atoms in total. The third kappa shape index (κ3) is 2.71. The van der Waals surface area contributed by atoms with Gasteiger partial charge in [0.25, 0.3) is 0 Å². The van der Waals surface area contributed by atoms with E-state index in [2.05, 4.69) is 28.9 Å². The lowest BCUT2D eigenvalue weighted by molar-refractivity contribution is 0.856. The van der Waals surface area contributed by atoms with Crippen LogP contribution in [-0.4, -0.2) is 0 Å². The highest BCUT2D eigenvalue weighted by Gasteiger charge is 2.14. The second-order valence-electron chi connectivity index (χ2n) is 4.00. The van der Waals surface area contributed by atoms with Crippen LogP contribution in [0.1, 0.15) is 22.7 Å². The first kappa shape index (κ1) is 12.6. The van der Waals surface area contributed by atoms with Crippen molar-refractivity contribution in [3.63, 3.8) is 0 Å². The number of rotatable bonds is 2. The Labute approximate surface area is 115 Å². The number of benzene rings is 2. The zero-order valence-corrected chi connectivity index (χ0v) is 11.8. The predicted molar refractivity (Wildman–Crippen MR) is 76.4 cm³/mol. The first-order valence-corrected chi connectivity index (χ1v) is 6.52. The van der Waals surface area contributed by atoms with Crippen LogP contribution in [0.2, 0.25) is 5.02 Å². The molecule has 0 spiro atoms. The summed E-state index contributed by atoms with van der Waals surface area (Å²) in [6.45, 7) is 2.06. The van der Waals surface area contributed by atoms with Gasteiger partial charge in [0.2, 0.25) is 0 Å². The minimum absolute atomic E-state index is 0.163. The first-order valence-electron chi connectivity index (χ1n) is 5.35. The second kappa shape index (κ2) is 5.21. The molecule has 0 aromatic heterocycles. The van der Waals surface area contributed by atoms with Crippen LogP contribution in [0.4, 0.5) is 0 Å². The van der Waals surface area contributed by atoms with Gasteiger partial charge in [-0.25, -0.2) is 0 Å². The minimum atomic E-state index is -0.163. The summed E-state index contributed by atoms with van der Waals surface area (Å²) in [6.07, 6.45) is 0. The molecule has 0 saturated carbocycles. The predicted octanol–water partition coefficient (Wildman–Crippen LogP) is 4.46. The topological polar surface area (TPSA) is 26.0 Å². The van der Waals surface area contributed by atoms with Crippen molar-refractivity contribution in [2.24, 2.45) is 5.73 Å². The van der Waals surface area contributed by atoms with E-state index in [0.717, 1.165) is 15.6 Å². The van der Waals surface area contributed by atoms with Crippen LogP contribution in [0.25, 0.3) is 0 Å². The molecule has 2 aromatic rings. The fraction of sp³-hybridized carbons (Fsp3) is 0.143. The lowest BCUT2D eigenvalue weighted by Crippen LogP contribution is -2.13. The molecule has 3 heteroatoms. The maximum Gasteiger partial charge on any atom is 0.0565 e. The van der Waals surface area contributed by atoms with Crippen LogP contribution < -0.4 is 5.73 Å². The van der Waals surface area contributed by atoms with E-state index in [4.69, 9.17) is 17.3 Å². The molecular weight excluding hydrogens is 298 g/mol. The van der Waals surface area contributed by atoms with Gasteiger partial charge in [-0.05, 0) is 41.8 Å². The van der Waals surface area contributed by atoms with E-state index >= 15 is 0 Å². The molecule has 17 heavy (non-hydrogen) atoms. The van der Waals surface area contributed by atoms with Gasteiger partial charge in [0.05, 0.1) is 6.04 Å². The minimum Gasteiger partial charge on any atom is -0.320 e. The maximum atomic E-state index is 6.30. The fourth-order valence-corrected chi connectivity index (χ4v) is 2.53. The summed E-state index contributed by atoms with van der Waals surface area (Å²) in [6, 6.07) is 13.6. The fourth-order valence-electron chi connectivity index (χ4n) is 1.86. The Morgan fingerprint density at radius 2 is 1.82 bits per heavy atom. The average Bonchev–Trinajstić information content (AvgIpc) is 2.32. The summed E-state index contributed by atoms with van der Waals surface area (Å²) in [5, 5.41) is 0.701. The second-order valence-corrected chi connectivity index (χ2v) is 5.29. The Hall–Kier alpha value is -0.830. The van der Waals surface area contributed by atoms with E-state index in [-0.39, 0.29) is 6.04 Å². The molecule has 0 heterocycles. The Balaban J connectivity index is 2.47. The molecule has 2 N–H and O–H groups in total. The third-order valence-corrected chi connectivity index (χ3v) is 3.77. The van der Waals surface area contributed by atoms with Gasteiger partial charge < -0.3 is 5.73 Å². The van der Waals surface area contributed by atoms with Crippen molar-refractivity contribution in [1.82, 2.24) is 0 Å². The van der Waals surface area contributed by atoms with Gasteiger partial charge in [-0.3, -0.25) is 0 Å². The van der Waals surface area contributed by atoms with Crippen LogP contribution >= 0.6 is 27.5 Å². The summed E-state index contributed by atoms with van der Waals surface area (Å²) in [7, 11) is 0. The monoisotopic (exact) mass is 309 g/mol. The van der Waals surface area contributed by atoms with Crippen molar-refractivity contribution in [1.29, 1.82) is 0 Å². The molecular formula is C14H13BrClN. The first-order chi connectivity index (χ1) is 8.09. The van der Waals surface area contributed by atoms with Crippen molar-refractivity contribution < 1.29 is 0 Å². The summed E-state index contributed by atoms with van der Waals surface area (Å²) < 4.78 is 0.984. The SMILES string of the molecule is Cc1ccccc1C(N)c1cc(Cl)ccc1Br. The van der Waals surface area contributed by atoms with Crippen LogP contribution in [-0.2, 0) is 0 Å². The highest BCUT2D eigenvalue weighted by atomic mass is 79.9. The standard InChI is InChI=1S/C14H13BrClN/c1-9-4-2-3-5-11(9)14(17)12-8-10(16)6-7-13(12)15/h2-8,14H,17H2,1H3. The number of hydrogen-bond acceptors (Lipinski definition) is 1. The summed E-state index contributed by atoms with van der Waals surface area (Å²) in [4.78, 5) is 0. The Kier molecular flexibility index (Phi) is 3.87. The van der Waals surface area contributed by atoms with Crippen LogP contribution in [0.5, 0.6) is 0 Å². The molecule has 88 valence electrons. The van der Waals surface area contributed by atoms with Gasteiger partial charge in [0.1, 0.15) is 0 Å². The lowest BCUT2D eigenvalue weighted by atomic mass is 9.96. The Morgan fingerprint density at radius 1 is 1.12 bits per heavy atom. The summed E-state index contributed by atoms with van der Waals surface area (Å²) >= 11 is 9.53. The zero-order chi connectivity index (χ0) is 12.4. The molecule has 1 unspecified atom stereocenters. The molecule has 0 amide bonds. The van der Waals surface area contributed by atoms with E-state index in [1.54, 1.807) is 0 Å². The van der Waals surface area contributed by atoms with Gasteiger partial charge in [0, 0.05) is 9.50 Å². The Morgan fingerprint density at radius 3 is 2.53 bits per heavy atom. The van der Waals surface area contributed by atoms with Gasteiger partial charge in [0.15, 0.2) is 0 Å². The smallest absolute Gasteiger partial charge is 0.0565 e. The van der Waals surface area contributed by atoms with E-state index < -0.39 is 0 Å². The van der Waals surface area contributed by atoms with Crippen LogP contribution in [0, 0.1) is 6.92 Å². The molecule has 1 atom stereocenters. The van der Waals surface area contributed by atoms with Gasteiger partial charge in [-0.1, -0.05) is 51.8 Å². The molecule has 0 aliphatic rings. The van der Waals surface area contributed by atoms with E-state index in [9.17, 15) is 0 Å². The molecule has 0 aliphatic carbocycles. The molecule has 0 fully saturated rings. The molecule has 2 rings (SSSR count). The normalized spacial score (nSPS) is 12.5. The maximum absolute atomic E-state index is 6.30. The molecule has 0 radical (unpaired) electrons. The van der Waals surface area contributed by atoms with E-state index in [0.29, 0.717) is 5.02 Å². The molecule has 0 saturated heterocycles. The van der Waals surface area contributed by atoms with Crippen molar-refractivity contribution in [2.45, 2.75) is 13.0 Å². The molecule has 0 aliphatic heterocycles. The van der Waals surface area contributed by atoms with Crippen molar-refractivity contribution in [3.8, 4) is 0 Å². The number of halogens is 2. The third-order valence-electron chi connectivity index (χ3n) is 2.82. The summed E-state index contributed by atoms with van der Waals surface area (Å²) in [5.41, 5.74) is 9.61. The quantitative estimate of drug-likeness (QED) is 0.871. The lowest BCUT2D eigenvalue weighted by Gasteiger charge is -2.17. The summed E-state index contributed by atoms with van der Waals surface area (Å²) in [5.74, 6) is 0. The van der Waals surface area contributed by atoms with Gasteiger partial charge in [-0.2, -0.15) is 0 Å². The van der Waals surface area contributed by atoms with Gasteiger partial charge >= 0.3 is 0 Å². The van der Waals surface area contributed by atoms with Crippen molar-refractivity contribution >= 4 is 27.5 Å². The molecule has 0 bridgehead atoms. The van der Waals surface area contributed by atoms with Gasteiger partial charge in [-0.15, -0.1) is 0 Å². The van der Waals surface area contributed by atoms with Crippen molar-refractivity contribution in [3.05, 3.63) is 68.7 Å². The molecule has 2 aromatic carbocycles. The van der Waals surface area contributed by atoms with Crippen LogP contribution in [0.15, 0.2) is 46.9 Å². The number of hydrogen-bond donors (Lipinski definition) is 1. The Bertz CT molecular complexity index is 539. The van der Waals surface area contributed by atoms with E-state index in [1.165, 1.54) is 5.56 Å². The zero-order valence-electron chi connectivity index (χ0n) is 9.45. The van der Waals surface area contributed by atoms with Crippen molar-refractivity contribution in [2.75, 3.05) is 0 Å². The highest BCUT2D eigenvalue weighted by molar-refractivity contribution is 9.10.